The number of aliphatic hydroxyl groups excluding tert-OH is 1. The van der Waals surface area contributed by atoms with Crippen LogP contribution in [0.1, 0.15) is 77.7 Å². The third-order valence-electron chi connectivity index (χ3n) is 12.8. The summed E-state index contributed by atoms with van der Waals surface area (Å²) in [5.41, 5.74) is 2.95. The van der Waals surface area contributed by atoms with Gasteiger partial charge in [-0.15, -0.1) is 0 Å². The van der Waals surface area contributed by atoms with Crippen molar-refractivity contribution in [2.24, 2.45) is 11.8 Å². The van der Waals surface area contributed by atoms with Gasteiger partial charge >= 0.3 is 5.97 Å². The number of nitrogens with one attached hydrogen (secondary N) is 4. The highest BCUT2D eigenvalue weighted by Crippen LogP contribution is 2.31. The molecule has 5 N–H and O–H groups in total. The fourth-order valence-corrected chi connectivity index (χ4v) is 9.63. The molecule has 4 fully saturated rings. The Labute approximate surface area is 346 Å². The van der Waals surface area contributed by atoms with Gasteiger partial charge < -0.3 is 45.4 Å². The highest BCUT2D eigenvalue weighted by Gasteiger charge is 2.47. The van der Waals surface area contributed by atoms with Crippen LogP contribution in [-0.4, -0.2) is 137 Å². The Morgan fingerprint density at radius 2 is 1.68 bits per heavy atom. The third kappa shape index (κ3) is 9.28. The molecule has 1 aromatic carbocycles. The number of nitrogens with zero attached hydrogens (tertiary/aromatic N) is 4. The summed E-state index contributed by atoms with van der Waals surface area (Å²) in [5.74, 6) is -3.28. The van der Waals surface area contributed by atoms with E-state index in [1.807, 2.05) is 56.5 Å². The zero-order valence-corrected chi connectivity index (χ0v) is 34.6. The number of hydrogen-bond donors (Lipinski definition) is 5. The maximum absolute atomic E-state index is 14.8. The lowest BCUT2D eigenvalue weighted by Crippen LogP contribution is -2.63. The summed E-state index contributed by atoms with van der Waals surface area (Å²) >= 11 is 0. The molecule has 0 radical (unpaired) electrons. The lowest BCUT2D eigenvalue weighted by Gasteiger charge is -2.39. The molecule has 0 saturated carbocycles. The van der Waals surface area contributed by atoms with Crippen molar-refractivity contribution in [3.05, 3.63) is 48.1 Å². The van der Waals surface area contributed by atoms with Crippen molar-refractivity contribution < 1.29 is 38.6 Å². The SMILES string of the molecule is C[C@@H]1C[C@H]2C(=O)O[C@@H](C)[C@H](NC(=O)[C@H](CC3C=CC=CC3)NC(O)Nc3ccc4c(c3)CCN4C)C(=O)N3CCC[C@H]3C(=O)N3CCCC[C@H]3C(=O)N[C@@H](C)C(=O)N2C1. The van der Waals surface area contributed by atoms with Crippen molar-refractivity contribution >= 4 is 46.9 Å². The number of fused-ring (bicyclic) bond motifs is 4. The molecule has 16 nitrogen and oxygen atoms in total. The van der Waals surface area contributed by atoms with Gasteiger partial charge in [0.05, 0.1) is 6.04 Å². The molecular weight excluding hydrogens is 757 g/mol. The standard InChI is InChI=1S/C43H60N8O8/c1-25-21-35-42(57)59-27(3)36(41(56)50-19-10-14-34(50)40(55)49-18-9-8-13-33(49)38(53)44-26(2)39(54)51(35)24-25)47-37(52)31(22-28-11-6-5-7-12-28)46-43(58)45-30-15-16-32-29(23-30)17-20-48(32)4/h5-7,11,15-16,23,25-28,31,33-36,43,45-46,58H,8-10,12-14,17-22,24H2,1-4H3,(H,44,53)(H,47,52)/t25-,26+,27+,28?,31+,33+,34+,35+,36+,43?/m1/s1. The minimum atomic E-state index is -1.42. The van der Waals surface area contributed by atoms with Gasteiger partial charge in [0, 0.05) is 44.6 Å². The third-order valence-corrected chi connectivity index (χ3v) is 12.8. The van der Waals surface area contributed by atoms with Crippen molar-refractivity contribution in [3.8, 4) is 0 Å². The summed E-state index contributed by atoms with van der Waals surface area (Å²) in [6.45, 7) is 6.76. The molecule has 16 heteroatoms. The minimum Gasteiger partial charge on any atom is -0.458 e. The molecule has 0 aromatic heterocycles. The lowest BCUT2D eigenvalue weighted by molar-refractivity contribution is -0.163. The van der Waals surface area contributed by atoms with Crippen molar-refractivity contribution in [2.45, 2.75) is 127 Å². The van der Waals surface area contributed by atoms with E-state index in [-0.39, 0.29) is 37.3 Å². The monoisotopic (exact) mass is 816 g/mol. The summed E-state index contributed by atoms with van der Waals surface area (Å²) in [4.78, 5) is 91.9. The van der Waals surface area contributed by atoms with Gasteiger partial charge in [-0.1, -0.05) is 31.2 Å². The Morgan fingerprint density at radius 3 is 2.46 bits per heavy atom. The number of carbonyl (C=O) groups excluding carboxylic acids is 6. The molecule has 59 heavy (non-hydrogen) atoms. The number of cyclic esters (lactones) is 1. The van der Waals surface area contributed by atoms with E-state index in [9.17, 15) is 33.9 Å². The van der Waals surface area contributed by atoms with Crippen LogP contribution in [0.5, 0.6) is 0 Å². The quantitative estimate of drug-likeness (QED) is 0.188. The van der Waals surface area contributed by atoms with E-state index in [0.29, 0.717) is 50.8 Å². The molecule has 2 unspecified atom stereocenters. The lowest BCUT2D eigenvalue weighted by atomic mass is 9.92. The number of rotatable bonds is 8. The van der Waals surface area contributed by atoms with Crippen molar-refractivity contribution in [3.63, 3.8) is 0 Å². The van der Waals surface area contributed by atoms with Gasteiger partial charge in [0.15, 0.2) is 6.35 Å². The normalized spacial score (nSPS) is 31.2. The van der Waals surface area contributed by atoms with Crippen LogP contribution >= 0.6 is 0 Å². The Morgan fingerprint density at radius 1 is 0.915 bits per heavy atom. The van der Waals surface area contributed by atoms with Gasteiger partial charge in [0.1, 0.15) is 36.3 Å². The number of allylic oxidation sites excluding steroid dienone is 4. The first-order valence-electron chi connectivity index (χ1n) is 21.4. The molecule has 7 rings (SSSR count). The van der Waals surface area contributed by atoms with E-state index in [4.69, 9.17) is 4.74 Å². The van der Waals surface area contributed by atoms with Gasteiger partial charge in [-0.3, -0.25) is 29.3 Å². The Bertz CT molecular complexity index is 1850. The van der Waals surface area contributed by atoms with Gasteiger partial charge in [-0.2, -0.15) is 0 Å². The van der Waals surface area contributed by atoms with Crippen molar-refractivity contribution in [2.75, 3.05) is 43.4 Å². The molecule has 1 aliphatic carbocycles. The molecule has 0 bridgehead atoms. The van der Waals surface area contributed by atoms with Crippen molar-refractivity contribution in [1.82, 2.24) is 30.7 Å². The summed E-state index contributed by atoms with van der Waals surface area (Å²) in [6.07, 6.45) is 10.1. The summed E-state index contributed by atoms with van der Waals surface area (Å²) in [7, 11) is 2.03. The number of piperidine rings is 1. The van der Waals surface area contributed by atoms with Gasteiger partial charge in [-0.25, -0.2) is 4.79 Å². The fourth-order valence-electron chi connectivity index (χ4n) is 9.63. The fraction of sp³-hybridized carbons (Fsp3) is 0.628. The van der Waals surface area contributed by atoms with Crippen LogP contribution in [0.15, 0.2) is 42.5 Å². The molecule has 320 valence electrons. The predicted octanol–water partition coefficient (Wildman–Crippen LogP) is 1.39. The van der Waals surface area contributed by atoms with Crippen LogP contribution in [0.2, 0.25) is 0 Å². The number of carbonyl (C=O) groups is 6. The first kappa shape index (κ1) is 42.2. The molecule has 1 aromatic rings. The van der Waals surface area contributed by atoms with Crippen molar-refractivity contribution in [1.29, 1.82) is 0 Å². The molecule has 4 saturated heterocycles. The smallest absolute Gasteiger partial charge is 0.329 e. The maximum Gasteiger partial charge on any atom is 0.329 e. The van der Waals surface area contributed by atoms with E-state index in [1.165, 1.54) is 21.6 Å². The van der Waals surface area contributed by atoms with Crippen LogP contribution in [0.4, 0.5) is 11.4 Å². The zero-order chi connectivity index (χ0) is 42.0. The molecule has 6 aliphatic rings. The van der Waals surface area contributed by atoms with E-state index < -0.39 is 78.3 Å². The topological polar surface area (TPSA) is 193 Å². The summed E-state index contributed by atoms with van der Waals surface area (Å²) in [5, 5.41) is 23.1. The summed E-state index contributed by atoms with van der Waals surface area (Å²) in [6, 6.07) is -0.234. The van der Waals surface area contributed by atoms with Gasteiger partial charge in [0.2, 0.25) is 29.5 Å². The minimum absolute atomic E-state index is 0.0422. The first-order valence-corrected chi connectivity index (χ1v) is 21.4. The second-order valence-electron chi connectivity index (χ2n) is 17.3. The molecule has 10 atom stereocenters. The van der Waals surface area contributed by atoms with E-state index in [2.05, 4.69) is 26.2 Å². The Balaban J connectivity index is 1.17. The largest absolute Gasteiger partial charge is 0.458 e. The Kier molecular flexibility index (Phi) is 13.0. The highest BCUT2D eigenvalue weighted by atomic mass is 16.5. The average molecular weight is 817 g/mol. The maximum atomic E-state index is 14.8. The van der Waals surface area contributed by atoms with Crippen LogP contribution in [0, 0.1) is 11.8 Å². The van der Waals surface area contributed by atoms with Crippen LogP contribution in [0.25, 0.3) is 0 Å². The number of hydrogen-bond acceptors (Lipinski definition) is 11. The summed E-state index contributed by atoms with van der Waals surface area (Å²) < 4.78 is 6.01. The van der Waals surface area contributed by atoms with E-state index in [0.717, 1.165) is 30.6 Å². The van der Waals surface area contributed by atoms with Crippen LogP contribution in [-0.2, 0) is 39.9 Å². The number of anilines is 2. The molecule has 5 heterocycles. The van der Waals surface area contributed by atoms with Gasteiger partial charge in [0.25, 0.3) is 0 Å². The van der Waals surface area contributed by atoms with E-state index in [1.54, 1.807) is 6.92 Å². The number of esters is 1. The van der Waals surface area contributed by atoms with Gasteiger partial charge in [-0.05, 0) is 107 Å². The van der Waals surface area contributed by atoms with Crippen LogP contribution < -0.4 is 26.2 Å². The number of ether oxygens (including phenoxy) is 1. The zero-order valence-electron chi connectivity index (χ0n) is 34.6. The number of amides is 5. The number of likely N-dealkylation sites (N-methyl/N-ethyl adjacent to an activating group) is 1. The molecule has 5 aliphatic heterocycles. The number of benzene rings is 1. The Hall–Kier alpha value is -4.96. The second kappa shape index (κ2) is 18.1. The highest BCUT2D eigenvalue weighted by molar-refractivity contribution is 5.97. The number of aliphatic hydroxyl groups is 1. The molecule has 0 spiro atoms. The average Bonchev–Trinajstić information content (AvgIpc) is 3.97. The van der Waals surface area contributed by atoms with Crippen LogP contribution in [0.3, 0.4) is 0 Å². The molecule has 5 amide bonds. The second-order valence-corrected chi connectivity index (χ2v) is 17.3. The predicted molar refractivity (Wildman–Crippen MR) is 219 cm³/mol. The first-order chi connectivity index (χ1) is 28.3. The van der Waals surface area contributed by atoms with E-state index >= 15 is 0 Å². The molecular formula is C43H60N8O8.